The van der Waals surface area contributed by atoms with Crippen LogP contribution in [0.5, 0.6) is 5.75 Å². The predicted octanol–water partition coefficient (Wildman–Crippen LogP) is 9.94. The molecule has 1 saturated carbocycles. The molecule has 6 aromatic rings. The van der Waals surface area contributed by atoms with E-state index in [4.69, 9.17) is 21.2 Å². The summed E-state index contributed by atoms with van der Waals surface area (Å²) in [4.78, 5) is 33.1. The number of hydrogen-bond acceptors (Lipinski definition) is 7. The third-order valence-corrected chi connectivity index (χ3v) is 12.1. The molecule has 0 saturated heterocycles. The maximum absolute atomic E-state index is 13.5. The standard InChI is InChI=1S/C50H51ClN6O4/c1-48(2)46(49(3,4)47(48)60-42-31-28-36(33-52)43(51)32-42)53-45(59)35-26-29-41(30-27-35)57-34-40(54-56-57)24-16-5-6-17-25-44(58)55-61-50(37-18-10-7-11-19-37,38-20-12-8-13-21-38)39-22-14-9-15-23-39/h7-15,18-23,26-32,34,46-47H,5-6,16-17,24-25H2,1-4H3,(H,53,59)(H,55,58). The number of nitriles is 1. The Balaban J connectivity index is 0.862. The van der Waals surface area contributed by atoms with Crippen LogP contribution < -0.4 is 15.5 Å². The lowest BCUT2D eigenvalue weighted by Gasteiger charge is -2.63. The first-order chi connectivity index (χ1) is 29.4. The van der Waals surface area contributed by atoms with Crippen LogP contribution in [0.1, 0.15) is 98.1 Å². The zero-order valence-electron chi connectivity index (χ0n) is 35.0. The van der Waals surface area contributed by atoms with Crippen LogP contribution in [0, 0.1) is 22.2 Å². The zero-order chi connectivity index (χ0) is 43.0. The molecule has 1 aliphatic rings. The smallest absolute Gasteiger partial charge is 0.251 e. The minimum Gasteiger partial charge on any atom is -0.489 e. The SMILES string of the molecule is CC1(C)C(NC(=O)c2ccc(-n3cc(CCCCCCC(=O)NOC(c4ccccc4)(c4ccccc4)c4ccccc4)nn3)cc2)C(C)(C)C1Oc1ccc(C#N)c(Cl)c1. The molecule has 1 aromatic heterocycles. The fourth-order valence-electron chi connectivity index (χ4n) is 8.94. The van der Waals surface area contributed by atoms with Crippen molar-refractivity contribution in [1.82, 2.24) is 25.8 Å². The van der Waals surface area contributed by atoms with Crippen LogP contribution in [0.4, 0.5) is 0 Å². The van der Waals surface area contributed by atoms with Crippen molar-refractivity contribution in [2.75, 3.05) is 0 Å². The van der Waals surface area contributed by atoms with Gasteiger partial charge in [-0.1, -0.05) is 148 Å². The van der Waals surface area contributed by atoms with Gasteiger partial charge in [0.15, 0.2) is 5.60 Å². The molecule has 312 valence electrons. The summed E-state index contributed by atoms with van der Waals surface area (Å²) in [6, 6.07) is 44.2. The Hall–Kier alpha value is -6.28. The normalized spacial score (nSPS) is 16.5. The average Bonchev–Trinajstić information content (AvgIpc) is 3.76. The van der Waals surface area contributed by atoms with Crippen LogP contribution in [0.2, 0.25) is 5.02 Å². The number of halogens is 1. The van der Waals surface area contributed by atoms with E-state index in [9.17, 15) is 14.9 Å². The third kappa shape index (κ3) is 9.24. The lowest BCUT2D eigenvalue weighted by molar-refractivity contribution is -0.164. The van der Waals surface area contributed by atoms with E-state index in [1.54, 1.807) is 35.0 Å². The summed E-state index contributed by atoms with van der Waals surface area (Å²) in [5.41, 5.74) is 6.39. The van der Waals surface area contributed by atoms with Crippen molar-refractivity contribution in [2.24, 2.45) is 10.8 Å². The number of hydroxylamine groups is 1. The molecule has 5 aromatic carbocycles. The van der Waals surface area contributed by atoms with Gasteiger partial charge in [0, 0.05) is 34.9 Å². The van der Waals surface area contributed by atoms with Crippen molar-refractivity contribution in [3.63, 3.8) is 0 Å². The molecule has 2 N–H and O–H groups in total. The van der Waals surface area contributed by atoms with Gasteiger partial charge in [0.05, 0.1) is 28.2 Å². The second kappa shape index (κ2) is 18.5. The highest BCUT2D eigenvalue weighted by Crippen LogP contribution is 2.55. The minimum atomic E-state index is -1.02. The summed E-state index contributed by atoms with van der Waals surface area (Å²) >= 11 is 6.25. The molecule has 7 rings (SSSR count). The highest BCUT2D eigenvalue weighted by atomic mass is 35.5. The summed E-state index contributed by atoms with van der Waals surface area (Å²) in [7, 11) is 0. The number of aromatic nitrogens is 3. The number of amides is 2. The van der Waals surface area contributed by atoms with Crippen molar-refractivity contribution in [2.45, 2.75) is 84.0 Å². The molecular weight excluding hydrogens is 784 g/mol. The molecule has 2 amide bonds. The van der Waals surface area contributed by atoms with E-state index in [1.807, 2.05) is 109 Å². The van der Waals surface area contributed by atoms with Crippen molar-refractivity contribution in [3.8, 4) is 17.5 Å². The fraction of sp³-hybridized carbons (Fsp3) is 0.300. The second-order valence-electron chi connectivity index (χ2n) is 16.8. The van der Waals surface area contributed by atoms with Gasteiger partial charge in [0.2, 0.25) is 5.91 Å². The number of nitrogens with one attached hydrogen (secondary N) is 2. The quantitative estimate of drug-likeness (QED) is 0.0531. The Labute approximate surface area is 362 Å². The van der Waals surface area contributed by atoms with E-state index in [1.165, 1.54) is 0 Å². The Morgan fingerprint density at radius 3 is 1.92 bits per heavy atom. The van der Waals surface area contributed by atoms with Gasteiger partial charge in [-0.05, 0) is 72.4 Å². The summed E-state index contributed by atoms with van der Waals surface area (Å²) in [6.07, 6.45) is 6.31. The largest absolute Gasteiger partial charge is 0.489 e. The Bertz CT molecular complexity index is 2350. The van der Waals surface area contributed by atoms with Gasteiger partial charge >= 0.3 is 0 Å². The van der Waals surface area contributed by atoms with Crippen LogP contribution in [0.15, 0.2) is 140 Å². The fourth-order valence-corrected chi connectivity index (χ4v) is 9.15. The van der Waals surface area contributed by atoms with E-state index >= 15 is 0 Å². The van der Waals surface area contributed by atoms with Gasteiger partial charge in [0.25, 0.3) is 5.91 Å². The first-order valence-electron chi connectivity index (χ1n) is 20.8. The molecular formula is C50H51ClN6O4. The molecule has 0 atom stereocenters. The van der Waals surface area contributed by atoms with Crippen molar-refractivity contribution in [3.05, 3.63) is 178 Å². The lowest BCUT2D eigenvalue weighted by atomic mass is 9.49. The molecule has 61 heavy (non-hydrogen) atoms. The van der Waals surface area contributed by atoms with Crippen molar-refractivity contribution in [1.29, 1.82) is 5.26 Å². The first kappa shape index (κ1) is 42.8. The third-order valence-electron chi connectivity index (χ3n) is 11.8. The van der Waals surface area contributed by atoms with E-state index in [0.29, 0.717) is 28.3 Å². The number of aryl methyl sites for hydroxylation is 1. The van der Waals surface area contributed by atoms with Crippen LogP contribution in [0.3, 0.4) is 0 Å². The maximum Gasteiger partial charge on any atom is 0.251 e. The van der Waals surface area contributed by atoms with Gasteiger partial charge in [-0.2, -0.15) is 5.26 Å². The number of hydrogen-bond donors (Lipinski definition) is 2. The van der Waals surface area contributed by atoms with E-state index in [2.05, 4.69) is 54.9 Å². The van der Waals surface area contributed by atoms with E-state index < -0.39 is 5.60 Å². The number of ether oxygens (including phenoxy) is 1. The molecule has 0 bridgehead atoms. The molecule has 0 aliphatic heterocycles. The summed E-state index contributed by atoms with van der Waals surface area (Å²) in [5.74, 6) is 0.256. The van der Waals surface area contributed by atoms with Crippen molar-refractivity contribution < 1.29 is 19.2 Å². The minimum absolute atomic E-state index is 0.153. The molecule has 1 fully saturated rings. The highest BCUT2D eigenvalue weighted by molar-refractivity contribution is 6.31. The van der Waals surface area contributed by atoms with Gasteiger partial charge in [0.1, 0.15) is 17.9 Å². The molecule has 0 unspecified atom stereocenters. The number of unbranched alkanes of at least 4 members (excludes halogenated alkanes) is 3. The topological polar surface area (TPSA) is 131 Å². The Morgan fingerprint density at radius 2 is 1.36 bits per heavy atom. The Kier molecular flexibility index (Phi) is 13.0. The summed E-state index contributed by atoms with van der Waals surface area (Å²) in [5, 5.41) is 21.5. The second-order valence-corrected chi connectivity index (χ2v) is 17.2. The molecule has 0 radical (unpaired) electrons. The first-order valence-corrected chi connectivity index (χ1v) is 21.1. The van der Waals surface area contributed by atoms with Gasteiger partial charge in [-0.15, -0.1) is 5.10 Å². The Morgan fingerprint density at radius 1 is 0.787 bits per heavy atom. The number of benzene rings is 5. The monoisotopic (exact) mass is 834 g/mol. The van der Waals surface area contributed by atoms with E-state index in [-0.39, 0.29) is 34.8 Å². The van der Waals surface area contributed by atoms with Crippen LogP contribution in [0.25, 0.3) is 5.69 Å². The van der Waals surface area contributed by atoms with Gasteiger partial charge in [-0.25, -0.2) is 10.2 Å². The molecule has 11 heteroatoms. The summed E-state index contributed by atoms with van der Waals surface area (Å²) < 4.78 is 8.09. The van der Waals surface area contributed by atoms with Crippen molar-refractivity contribution >= 4 is 23.4 Å². The average molecular weight is 835 g/mol. The maximum atomic E-state index is 13.5. The number of nitrogens with zero attached hydrogens (tertiary/aromatic N) is 4. The highest BCUT2D eigenvalue weighted by Gasteiger charge is 2.64. The van der Waals surface area contributed by atoms with Crippen LogP contribution in [-0.4, -0.2) is 39.0 Å². The number of carbonyl (C=O) groups excluding carboxylic acids is 2. The number of carbonyl (C=O) groups is 2. The van der Waals surface area contributed by atoms with Crippen LogP contribution >= 0.6 is 11.6 Å². The summed E-state index contributed by atoms with van der Waals surface area (Å²) in [6.45, 7) is 8.32. The molecule has 1 heterocycles. The van der Waals surface area contributed by atoms with Gasteiger partial charge < -0.3 is 10.1 Å². The van der Waals surface area contributed by atoms with E-state index in [0.717, 1.165) is 60.2 Å². The lowest BCUT2D eigenvalue weighted by Crippen LogP contribution is -2.74. The zero-order valence-corrected chi connectivity index (χ0v) is 35.7. The molecule has 1 aliphatic carbocycles. The predicted molar refractivity (Wildman–Crippen MR) is 236 cm³/mol. The van der Waals surface area contributed by atoms with Gasteiger partial charge in [-0.3, -0.25) is 14.4 Å². The number of rotatable bonds is 17. The molecule has 0 spiro atoms. The molecule has 10 nitrogen and oxygen atoms in total. The van der Waals surface area contributed by atoms with Crippen LogP contribution in [-0.2, 0) is 21.7 Å².